The van der Waals surface area contributed by atoms with Crippen molar-refractivity contribution in [2.75, 3.05) is 0 Å². The molecule has 47 valence electrons. The Kier molecular flexibility index (Phi) is 1.63. The number of hydrogen-bond donors (Lipinski definition) is 1. The summed E-state index contributed by atoms with van der Waals surface area (Å²) >= 11 is 0.637. The van der Waals surface area contributed by atoms with Crippen molar-refractivity contribution in [2.24, 2.45) is 0 Å². The summed E-state index contributed by atoms with van der Waals surface area (Å²) in [6.07, 6.45) is 1.39. The lowest BCUT2D eigenvalue weighted by Gasteiger charge is -1.88. The van der Waals surface area contributed by atoms with Crippen LogP contribution < -0.4 is 4.72 Å². The molecule has 1 heterocycles. The summed E-state index contributed by atoms with van der Waals surface area (Å²) in [6.45, 7) is 0. The van der Waals surface area contributed by atoms with Gasteiger partial charge in [0.05, 0.1) is 0 Å². The van der Waals surface area contributed by atoms with Gasteiger partial charge in [0, 0.05) is 11.9 Å². The fourth-order valence-electron chi connectivity index (χ4n) is 0.412. The minimum Gasteiger partial charge on any atom is -0.288 e. The van der Waals surface area contributed by atoms with Crippen LogP contribution in [0, 0.1) is 0 Å². The molecule has 0 bridgehead atoms. The van der Waals surface area contributed by atoms with Crippen LogP contribution in [0.5, 0.6) is 0 Å². The van der Waals surface area contributed by atoms with E-state index in [0.29, 0.717) is 11.9 Å². The average Bonchev–Trinajstić information content (AvgIpc) is 2.15. The highest BCUT2D eigenvalue weighted by atomic mass is 32.2. The lowest BCUT2D eigenvalue weighted by Crippen LogP contribution is -2.27. The van der Waals surface area contributed by atoms with E-state index in [1.807, 2.05) is 0 Å². The molecule has 1 atom stereocenters. The molecule has 1 radical (unpaired) electrons. The summed E-state index contributed by atoms with van der Waals surface area (Å²) in [7, 11) is 0. The number of hydrogen-bond acceptors (Lipinski definition) is 5. The van der Waals surface area contributed by atoms with Crippen LogP contribution in [-0.4, -0.2) is 23.2 Å². The molecule has 1 aliphatic rings. The number of nitrogens with one attached hydrogen (secondary N) is 1. The largest absolute Gasteiger partial charge is 0.288 e. The highest BCUT2D eigenvalue weighted by Gasteiger charge is 2.33. The van der Waals surface area contributed by atoms with Gasteiger partial charge in [0.25, 0.3) is 5.12 Å². The average molecular weight is 144 g/mol. The number of Topliss-reactive ketones (excluding diaryl/α,β-unsaturated/α-hetero) is 1. The Morgan fingerprint density at radius 1 is 1.56 bits per heavy atom. The van der Waals surface area contributed by atoms with Gasteiger partial charge in [-0.2, -0.15) is 0 Å². The molecule has 9 heavy (non-hydrogen) atoms. The predicted molar refractivity (Wildman–Crippen MR) is 30.2 cm³/mol. The molecule has 1 unspecified atom stereocenters. The molecule has 0 aliphatic carbocycles. The first kappa shape index (κ1) is 6.44. The lowest BCUT2D eigenvalue weighted by molar-refractivity contribution is -0.130. The van der Waals surface area contributed by atoms with Crippen LogP contribution in [0.1, 0.15) is 0 Å². The minimum atomic E-state index is -1.04. The molecule has 0 saturated carbocycles. The number of ketones is 1. The second-order valence-electron chi connectivity index (χ2n) is 1.42. The summed E-state index contributed by atoms with van der Waals surface area (Å²) in [5.74, 6) is -0.713. The quantitative estimate of drug-likeness (QED) is 0.285. The van der Waals surface area contributed by atoms with Crippen LogP contribution in [0.4, 0.5) is 0 Å². The fourth-order valence-corrected chi connectivity index (χ4v) is 1.01. The van der Waals surface area contributed by atoms with E-state index >= 15 is 0 Å². The molecule has 0 spiro atoms. The summed E-state index contributed by atoms with van der Waals surface area (Å²) < 4.78 is 2.30. The van der Waals surface area contributed by atoms with Gasteiger partial charge in [-0.25, -0.2) is 4.72 Å². The minimum absolute atomic E-state index is 0.622. The summed E-state index contributed by atoms with van der Waals surface area (Å²) in [6, 6.07) is -1.04. The van der Waals surface area contributed by atoms with Crippen molar-refractivity contribution in [3.05, 3.63) is 0 Å². The van der Waals surface area contributed by atoms with E-state index in [1.165, 1.54) is 6.29 Å². The normalized spacial score (nSPS) is 26.9. The molecule has 1 N–H and O–H groups in total. The van der Waals surface area contributed by atoms with Crippen molar-refractivity contribution in [3.63, 3.8) is 0 Å². The fraction of sp³-hybridized carbons (Fsp3) is 0.250. The second-order valence-corrected chi connectivity index (χ2v) is 2.23. The van der Waals surface area contributed by atoms with E-state index in [-0.39, 0.29) is 0 Å². The van der Waals surface area contributed by atoms with E-state index in [2.05, 4.69) is 4.72 Å². The van der Waals surface area contributed by atoms with Crippen molar-refractivity contribution in [1.82, 2.24) is 4.72 Å². The molecule has 1 fully saturated rings. The van der Waals surface area contributed by atoms with Gasteiger partial charge in [-0.05, 0) is 0 Å². The topological polar surface area (TPSA) is 63.2 Å². The molecule has 0 amide bonds. The Bertz CT molecular complexity index is 179. The first-order chi connectivity index (χ1) is 4.25. The maximum absolute atomic E-state index is 10.4. The van der Waals surface area contributed by atoms with Gasteiger partial charge >= 0.3 is 0 Å². The zero-order chi connectivity index (χ0) is 6.85. The van der Waals surface area contributed by atoms with Crippen molar-refractivity contribution in [3.8, 4) is 0 Å². The highest BCUT2D eigenvalue weighted by Crippen LogP contribution is 2.09. The van der Waals surface area contributed by atoms with Gasteiger partial charge in [-0.1, -0.05) is 0 Å². The van der Waals surface area contributed by atoms with Crippen LogP contribution in [0.2, 0.25) is 0 Å². The summed E-state index contributed by atoms with van der Waals surface area (Å²) in [4.78, 5) is 30.5. The summed E-state index contributed by atoms with van der Waals surface area (Å²) in [5.41, 5.74) is 0. The third kappa shape index (κ3) is 1.01. The Balaban J connectivity index is 2.73. The van der Waals surface area contributed by atoms with Gasteiger partial charge < -0.3 is 0 Å². The van der Waals surface area contributed by atoms with E-state index in [4.69, 9.17) is 0 Å². The van der Waals surface area contributed by atoms with Crippen molar-refractivity contribution in [2.45, 2.75) is 6.04 Å². The predicted octanol–water partition coefficient (Wildman–Crippen LogP) is -1.19. The van der Waals surface area contributed by atoms with Crippen molar-refractivity contribution < 1.29 is 14.4 Å². The van der Waals surface area contributed by atoms with Crippen LogP contribution in [0.3, 0.4) is 0 Å². The molecule has 0 aromatic rings. The molecule has 1 saturated heterocycles. The number of carbonyl (C=O) groups excluding carboxylic acids is 3. The molecule has 0 aromatic heterocycles. The molecular formula is C4H2NO3S. The van der Waals surface area contributed by atoms with E-state index in [1.54, 1.807) is 0 Å². The lowest BCUT2D eigenvalue weighted by atomic mass is 10.2. The molecule has 1 aliphatic heterocycles. The molecule has 1 rings (SSSR count). The molecule has 5 heteroatoms. The van der Waals surface area contributed by atoms with E-state index < -0.39 is 16.9 Å². The standard InChI is InChI=1S/C4H2NO3S/c6-1-2-3(7)4(8)9-5-2/h2,5H. The Morgan fingerprint density at radius 3 is 2.44 bits per heavy atom. The van der Waals surface area contributed by atoms with Crippen LogP contribution in [0.15, 0.2) is 0 Å². The monoisotopic (exact) mass is 144 g/mol. The van der Waals surface area contributed by atoms with Gasteiger partial charge in [-0.15, -0.1) is 0 Å². The Labute approximate surface area is 55.1 Å². The number of rotatable bonds is 1. The SMILES string of the molecule is O=[C]C1NSC(=O)C1=O. The smallest absolute Gasteiger partial charge is 0.272 e. The highest BCUT2D eigenvalue weighted by molar-refractivity contribution is 8.14. The maximum atomic E-state index is 10.4. The van der Waals surface area contributed by atoms with Crippen LogP contribution in [-0.2, 0) is 14.4 Å². The van der Waals surface area contributed by atoms with Crippen LogP contribution >= 0.6 is 11.9 Å². The van der Waals surface area contributed by atoms with Gasteiger partial charge in [0.15, 0.2) is 6.04 Å². The van der Waals surface area contributed by atoms with Gasteiger partial charge in [0.1, 0.15) is 0 Å². The zero-order valence-corrected chi connectivity index (χ0v) is 5.03. The first-order valence-electron chi connectivity index (χ1n) is 2.14. The van der Waals surface area contributed by atoms with Gasteiger partial charge in [0.2, 0.25) is 12.1 Å². The van der Waals surface area contributed by atoms with Crippen molar-refractivity contribution >= 4 is 29.1 Å². The molecule has 0 aromatic carbocycles. The van der Waals surface area contributed by atoms with Crippen LogP contribution in [0.25, 0.3) is 0 Å². The van der Waals surface area contributed by atoms with Crippen molar-refractivity contribution in [1.29, 1.82) is 0 Å². The molecule has 4 nitrogen and oxygen atoms in total. The third-order valence-corrected chi connectivity index (χ3v) is 1.59. The maximum Gasteiger partial charge on any atom is 0.272 e. The van der Waals surface area contributed by atoms with E-state index in [9.17, 15) is 14.4 Å². The summed E-state index contributed by atoms with van der Waals surface area (Å²) in [5, 5.41) is -0.622. The zero-order valence-electron chi connectivity index (χ0n) is 4.21. The second kappa shape index (κ2) is 2.28. The Morgan fingerprint density at radius 2 is 2.22 bits per heavy atom. The third-order valence-electron chi connectivity index (χ3n) is 0.851. The molecular weight excluding hydrogens is 142 g/mol. The number of carbonyl (C=O) groups is 2. The Hall–Kier alpha value is -0.680. The van der Waals surface area contributed by atoms with E-state index in [0.717, 1.165) is 0 Å². The van der Waals surface area contributed by atoms with Gasteiger partial charge in [-0.3, -0.25) is 14.4 Å². The first-order valence-corrected chi connectivity index (χ1v) is 2.95.